The number of hydrogen-bond donors (Lipinski definition) is 2. The highest BCUT2D eigenvalue weighted by atomic mass is 32.2. The van der Waals surface area contributed by atoms with E-state index in [9.17, 15) is 13.2 Å². The molecule has 7 nitrogen and oxygen atoms in total. The Morgan fingerprint density at radius 1 is 0.967 bits per heavy atom. The Hall–Kier alpha value is -3.39. The fourth-order valence-electron chi connectivity index (χ4n) is 2.78. The van der Waals surface area contributed by atoms with Gasteiger partial charge in [0.2, 0.25) is 0 Å². The minimum Gasteiger partial charge on any atom is -0.363 e. The molecule has 30 heavy (non-hydrogen) atoms. The fraction of sp³-hybridized carbons (Fsp3) is 0.182. The molecule has 1 amide bonds. The summed E-state index contributed by atoms with van der Waals surface area (Å²) in [5.41, 5.74) is 3.29. The van der Waals surface area contributed by atoms with E-state index < -0.39 is 10.0 Å². The molecule has 1 heterocycles. The Labute approximate surface area is 176 Å². The third-order valence-corrected chi connectivity index (χ3v) is 6.12. The number of anilines is 3. The number of carbonyl (C=O) groups is 1. The van der Waals surface area contributed by atoms with Gasteiger partial charge in [0.25, 0.3) is 15.9 Å². The molecular weight excluding hydrogens is 400 g/mol. The van der Waals surface area contributed by atoms with Crippen LogP contribution < -0.4 is 14.9 Å². The molecule has 0 bridgehead atoms. The molecule has 0 fully saturated rings. The van der Waals surface area contributed by atoms with E-state index in [0.717, 1.165) is 16.9 Å². The lowest BCUT2D eigenvalue weighted by Crippen LogP contribution is -2.16. The maximum Gasteiger partial charge on any atom is 0.261 e. The van der Waals surface area contributed by atoms with Crippen LogP contribution in [0.3, 0.4) is 0 Å². The van der Waals surface area contributed by atoms with Gasteiger partial charge in [0, 0.05) is 19.7 Å². The quantitative estimate of drug-likeness (QED) is 0.628. The molecule has 3 rings (SSSR count). The second-order valence-electron chi connectivity index (χ2n) is 7.13. The van der Waals surface area contributed by atoms with Crippen LogP contribution in [0, 0.1) is 13.8 Å². The van der Waals surface area contributed by atoms with Gasteiger partial charge in [-0.1, -0.05) is 12.1 Å². The highest BCUT2D eigenvalue weighted by Gasteiger charge is 2.17. The van der Waals surface area contributed by atoms with Crippen LogP contribution in [0.4, 0.5) is 17.2 Å². The number of benzene rings is 2. The molecule has 0 spiro atoms. The predicted octanol–water partition coefficient (Wildman–Crippen LogP) is 3.82. The lowest BCUT2D eigenvalue weighted by molar-refractivity contribution is 0.102. The number of rotatable bonds is 6. The SMILES string of the molecule is Cc1cccc(NS(=O)(=O)c2ccc(C(=O)Nc3ccc(N(C)C)nc3)cc2)c1C. The van der Waals surface area contributed by atoms with Crippen molar-refractivity contribution in [1.82, 2.24) is 4.98 Å². The van der Waals surface area contributed by atoms with Crippen molar-refractivity contribution in [3.63, 3.8) is 0 Å². The van der Waals surface area contributed by atoms with Crippen LogP contribution in [0.2, 0.25) is 0 Å². The number of amides is 1. The largest absolute Gasteiger partial charge is 0.363 e. The van der Waals surface area contributed by atoms with Gasteiger partial charge in [-0.25, -0.2) is 13.4 Å². The number of pyridine rings is 1. The first-order chi connectivity index (χ1) is 14.2. The first kappa shape index (κ1) is 21.3. The van der Waals surface area contributed by atoms with Crippen molar-refractivity contribution in [1.29, 1.82) is 0 Å². The van der Waals surface area contributed by atoms with Crippen LogP contribution in [-0.2, 0) is 10.0 Å². The molecular formula is C22H24N4O3S. The molecule has 0 aliphatic heterocycles. The Kier molecular flexibility index (Phi) is 6.07. The van der Waals surface area contributed by atoms with Crippen LogP contribution in [-0.4, -0.2) is 33.4 Å². The molecule has 0 aliphatic carbocycles. The minimum absolute atomic E-state index is 0.0805. The fourth-order valence-corrected chi connectivity index (χ4v) is 3.90. The normalized spacial score (nSPS) is 11.1. The van der Waals surface area contributed by atoms with Gasteiger partial charge in [-0.15, -0.1) is 0 Å². The van der Waals surface area contributed by atoms with E-state index in [0.29, 0.717) is 16.9 Å². The number of nitrogens with zero attached hydrogens (tertiary/aromatic N) is 2. The molecule has 0 aliphatic rings. The van der Waals surface area contributed by atoms with Crippen LogP contribution in [0.15, 0.2) is 65.7 Å². The molecule has 0 unspecified atom stereocenters. The van der Waals surface area contributed by atoms with E-state index in [4.69, 9.17) is 0 Å². The molecule has 0 atom stereocenters. The smallest absolute Gasteiger partial charge is 0.261 e. The van der Waals surface area contributed by atoms with Gasteiger partial charge < -0.3 is 10.2 Å². The molecule has 2 N–H and O–H groups in total. The number of nitrogens with one attached hydrogen (secondary N) is 2. The summed E-state index contributed by atoms with van der Waals surface area (Å²) < 4.78 is 28.0. The molecule has 3 aromatic rings. The molecule has 8 heteroatoms. The molecule has 1 aromatic heterocycles. The Morgan fingerprint density at radius 2 is 1.67 bits per heavy atom. The summed E-state index contributed by atoms with van der Waals surface area (Å²) >= 11 is 0. The highest BCUT2D eigenvalue weighted by molar-refractivity contribution is 7.92. The third kappa shape index (κ3) is 4.77. The van der Waals surface area contributed by atoms with Gasteiger partial charge in [0.15, 0.2) is 0 Å². The second kappa shape index (κ2) is 8.54. The van der Waals surface area contributed by atoms with Crippen molar-refractivity contribution in [2.45, 2.75) is 18.7 Å². The number of hydrogen-bond acceptors (Lipinski definition) is 5. The number of aromatic nitrogens is 1. The average Bonchev–Trinajstić information content (AvgIpc) is 2.72. The Morgan fingerprint density at radius 3 is 2.27 bits per heavy atom. The monoisotopic (exact) mass is 424 g/mol. The predicted molar refractivity (Wildman–Crippen MR) is 120 cm³/mol. The standard InChI is InChI=1S/C22H24N4O3S/c1-15-6-5-7-20(16(15)2)25-30(28,29)19-11-8-17(9-12-19)22(27)24-18-10-13-21(23-14-18)26(3)4/h5-14,25H,1-4H3,(H,24,27). The number of carbonyl (C=O) groups excluding carboxylic acids is 1. The zero-order valence-corrected chi connectivity index (χ0v) is 18.1. The van der Waals surface area contributed by atoms with E-state index in [1.165, 1.54) is 24.3 Å². The van der Waals surface area contributed by atoms with Crippen molar-refractivity contribution >= 4 is 33.1 Å². The third-order valence-electron chi connectivity index (χ3n) is 4.74. The van der Waals surface area contributed by atoms with Crippen LogP contribution in [0.25, 0.3) is 0 Å². The van der Waals surface area contributed by atoms with Crippen molar-refractivity contribution in [2.75, 3.05) is 29.0 Å². The highest BCUT2D eigenvalue weighted by Crippen LogP contribution is 2.22. The lowest BCUT2D eigenvalue weighted by atomic mass is 10.1. The van der Waals surface area contributed by atoms with Crippen LogP contribution in [0.5, 0.6) is 0 Å². The van der Waals surface area contributed by atoms with E-state index in [-0.39, 0.29) is 10.8 Å². The zero-order valence-electron chi connectivity index (χ0n) is 17.3. The first-order valence-corrected chi connectivity index (χ1v) is 10.8. The van der Waals surface area contributed by atoms with E-state index in [1.54, 1.807) is 30.5 Å². The lowest BCUT2D eigenvalue weighted by Gasteiger charge is -2.13. The van der Waals surface area contributed by atoms with Gasteiger partial charge in [-0.3, -0.25) is 9.52 Å². The second-order valence-corrected chi connectivity index (χ2v) is 8.81. The molecule has 0 saturated carbocycles. The topological polar surface area (TPSA) is 91.4 Å². The average molecular weight is 425 g/mol. The summed E-state index contributed by atoms with van der Waals surface area (Å²) in [5.74, 6) is 0.430. The van der Waals surface area contributed by atoms with Crippen LogP contribution >= 0.6 is 0 Å². The molecule has 2 aromatic carbocycles. The summed E-state index contributed by atoms with van der Waals surface area (Å²) in [4.78, 5) is 18.6. The summed E-state index contributed by atoms with van der Waals surface area (Å²) in [6.45, 7) is 3.78. The van der Waals surface area contributed by atoms with Crippen molar-refractivity contribution in [3.8, 4) is 0 Å². The van der Waals surface area contributed by atoms with Crippen molar-refractivity contribution < 1.29 is 13.2 Å². The van der Waals surface area contributed by atoms with E-state index in [1.807, 2.05) is 38.9 Å². The minimum atomic E-state index is -3.76. The van der Waals surface area contributed by atoms with Gasteiger partial charge in [-0.05, 0) is 67.4 Å². The van der Waals surface area contributed by atoms with E-state index >= 15 is 0 Å². The maximum absolute atomic E-state index is 12.7. The van der Waals surface area contributed by atoms with Crippen molar-refractivity contribution in [3.05, 3.63) is 77.5 Å². The zero-order chi connectivity index (χ0) is 21.9. The number of aryl methyl sites for hydroxylation is 1. The summed E-state index contributed by atoms with van der Waals surface area (Å²) in [6, 6.07) is 14.8. The maximum atomic E-state index is 12.7. The first-order valence-electron chi connectivity index (χ1n) is 9.31. The summed E-state index contributed by atoms with van der Waals surface area (Å²) in [7, 11) is -0.00268. The van der Waals surface area contributed by atoms with Gasteiger partial charge in [-0.2, -0.15) is 0 Å². The van der Waals surface area contributed by atoms with Gasteiger partial charge >= 0.3 is 0 Å². The summed E-state index contributed by atoms with van der Waals surface area (Å²) in [6.07, 6.45) is 1.57. The Balaban J connectivity index is 1.73. The molecule has 0 radical (unpaired) electrons. The number of sulfonamides is 1. The van der Waals surface area contributed by atoms with Gasteiger partial charge in [0.1, 0.15) is 5.82 Å². The van der Waals surface area contributed by atoms with Gasteiger partial charge in [0.05, 0.1) is 22.5 Å². The molecule has 0 saturated heterocycles. The van der Waals surface area contributed by atoms with E-state index in [2.05, 4.69) is 15.0 Å². The van der Waals surface area contributed by atoms with Crippen molar-refractivity contribution in [2.24, 2.45) is 0 Å². The molecule has 156 valence electrons. The van der Waals surface area contributed by atoms with Crippen LogP contribution in [0.1, 0.15) is 21.5 Å². The summed E-state index contributed by atoms with van der Waals surface area (Å²) in [5, 5.41) is 2.75. The Bertz CT molecular complexity index is 1160.